The van der Waals surface area contributed by atoms with Crippen LogP contribution in [0.3, 0.4) is 0 Å². The first kappa shape index (κ1) is 11.6. The number of rotatable bonds is 3. The highest BCUT2D eigenvalue weighted by Gasteiger charge is 2.11. The molecule has 0 fully saturated rings. The van der Waals surface area contributed by atoms with E-state index in [4.69, 9.17) is 5.11 Å². The number of hydrogen-bond acceptors (Lipinski definition) is 4. The van der Waals surface area contributed by atoms with Crippen molar-refractivity contribution in [1.29, 1.82) is 0 Å². The molecule has 0 aliphatic heterocycles. The summed E-state index contributed by atoms with van der Waals surface area (Å²) in [5, 5.41) is 9.52. The Morgan fingerprint density at radius 1 is 1.29 bits per heavy atom. The number of aromatic nitrogens is 2. The van der Waals surface area contributed by atoms with Gasteiger partial charge in [0.15, 0.2) is 0 Å². The quantitative estimate of drug-likeness (QED) is 0.902. The molecule has 0 saturated carbocycles. The summed E-state index contributed by atoms with van der Waals surface area (Å²) in [7, 11) is 0. The van der Waals surface area contributed by atoms with Crippen molar-refractivity contribution >= 4 is 17.7 Å². The van der Waals surface area contributed by atoms with Crippen molar-refractivity contribution in [2.45, 2.75) is 16.8 Å². The van der Waals surface area contributed by atoms with Crippen LogP contribution in [0.25, 0.3) is 0 Å². The second-order valence-corrected chi connectivity index (χ2v) is 4.46. The first-order valence-electron chi connectivity index (χ1n) is 4.95. The van der Waals surface area contributed by atoms with Crippen LogP contribution in [-0.4, -0.2) is 21.0 Å². The van der Waals surface area contributed by atoms with Crippen LogP contribution in [0.15, 0.2) is 46.6 Å². The van der Waals surface area contributed by atoms with Crippen LogP contribution in [0, 0.1) is 6.92 Å². The normalized spacial score (nSPS) is 10.2. The molecule has 0 aromatic carbocycles. The van der Waals surface area contributed by atoms with Gasteiger partial charge in [-0.15, -0.1) is 0 Å². The summed E-state index contributed by atoms with van der Waals surface area (Å²) in [6.45, 7) is 1.89. The molecule has 2 aromatic heterocycles. The van der Waals surface area contributed by atoms with Crippen LogP contribution < -0.4 is 0 Å². The fourth-order valence-corrected chi connectivity index (χ4v) is 2.29. The van der Waals surface area contributed by atoms with Crippen LogP contribution in [0.4, 0.5) is 0 Å². The first-order valence-corrected chi connectivity index (χ1v) is 5.77. The van der Waals surface area contributed by atoms with E-state index in [0.717, 1.165) is 10.6 Å². The van der Waals surface area contributed by atoms with Crippen molar-refractivity contribution in [1.82, 2.24) is 9.97 Å². The Kier molecular flexibility index (Phi) is 3.39. The number of aryl methyl sites for hydroxylation is 1. The van der Waals surface area contributed by atoms with Crippen molar-refractivity contribution in [3.05, 3.63) is 47.9 Å². The zero-order valence-electron chi connectivity index (χ0n) is 9.12. The van der Waals surface area contributed by atoms with Gasteiger partial charge in [0.1, 0.15) is 5.03 Å². The molecule has 0 atom stereocenters. The number of aromatic carboxylic acids is 1. The van der Waals surface area contributed by atoms with Crippen molar-refractivity contribution in [3.63, 3.8) is 0 Å². The molecule has 2 aromatic rings. The van der Waals surface area contributed by atoms with E-state index in [2.05, 4.69) is 9.97 Å². The van der Waals surface area contributed by atoms with Crippen LogP contribution in [0.2, 0.25) is 0 Å². The molecule has 1 N–H and O–H groups in total. The molecule has 4 nitrogen and oxygen atoms in total. The molecule has 0 radical (unpaired) electrons. The molecule has 0 aliphatic rings. The number of pyridine rings is 2. The number of nitrogens with zero attached hydrogens (tertiary/aromatic N) is 2. The van der Waals surface area contributed by atoms with E-state index in [9.17, 15) is 4.79 Å². The van der Waals surface area contributed by atoms with Crippen molar-refractivity contribution < 1.29 is 9.90 Å². The maximum atomic E-state index is 11.0. The van der Waals surface area contributed by atoms with E-state index in [-0.39, 0.29) is 5.56 Å². The highest BCUT2D eigenvalue weighted by Crippen LogP contribution is 2.28. The summed E-state index contributed by atoms with van der Waals surface area (Å²) in [6.07, 6.45) is 3.28. The van der Waals surface area contributed by atoms with Crippen LogP contribution >= 0.6 is 11.8 Å². The summed E-state index contributed by atoms with van der Waals surface area (Å²) < 4.78 is 0. The Balaban J connectivity index is 2.33. The minimum absolute atomic E-state index is 0.215. The first-order chi connectivity index (χ1) is 8.16. The third-order valence-electron chi connectivity index (χ3n) is 2.08. The molecular weight excluding hydrogens is 236 g/mol. The number of carboxylic acids is 1. The SMILES string of the molecule is Cc1cc(Sc2ncccc2C(=O)O)ccn1. The molecule has 0 unspecified atom stereocenters. The van der Waals surface area contributed by atoms with E-state index >= 15 is 0 Å². The van der Waals surface area contributed by atoms with Gasteiger partial charge in [0.25, 0.3) is 0 Å². The third-order valence-corrected chi connectivity index (χ3v) is 3.09. The van der Waals surface area contributed by atoms with E-state index in [1.54, 1.807) is 24.5 Å². The molecule has 17 heavy (non-hydrogen) atoms. The smallest absolute Gasteiger partial charge is 0.338 e. The predicted octanol–water partition coefficient (Wildman–Crippen LogP) is 2.63. The fourth-order valence-electron chi connectivity index (χ4n) is 1.33. The van der Waals surface area contributed by atoms with Gasteiger partial charge in [-0.05, 0) is 31.2 Å². The van der Waals surface area contributed by atoms with Crippen LogP contribution in [-0.2, 0) is 0 Å². The van der Waals surface area contributed by atoms with E-state index in [1.165, 1.54) is 11.8 Å². The molecular formula is C12H10N2O2S. The maximum absolute atomic E-state index is 11.0. The predicted molar refractivity (Wildman–Crippen MR) is 64.3 cm³/mol. The van der Waals surface area contributed by atoms with Crippen LogP contribution in [0.1, 0.15) is 16.1 Å². The maximum Gasteiger partial charge on any atom is 0.338 e. The lowest BCUT2D eigenvalue weighted by atomic mass is 10.3. The van der Waals surface area contributed by atoms with E-state index < -0.39 is 5.97 Å². The average Bonchev–Trinajstić information content (AvgIpc) is 2.29. The summed E-state index contributed by atoms with van der Waals surface area (Å²) in [5.74, 6) is -0.966. The molecule has 0 aliphatic carbocycles. The van der Waals surface area contributed by atoms with Gasteiger partial charge in [-0.2, -0.15) is 0 Å². The fraction of sp³-hybridized carbons (Fsp3) is 0.0833. The average molecular weight is 246 g/mol. The minimum atomic E-state index is -0.966. The van der Waals surface area contributed by atoms with E-state index in [0.29, 0.717) is 5.03 Å². The second kappa shape index (κ2) is 4.97. The molecule has 86 valence electrons. The van der Waals surface area contributed by atoms with Crippen LogP contribution in [0.5, 0.6) is 0 Å². The van der Waals surface area contributed by atoms with Crippen molar-refractivity contribution in [2.24, 2.45) is 0 Å². The lowest BCUT2D eigenvalue weighted by molar-refractivity contribution is 0.0692. The molecule has 0 bridgehead atoms. The van der Waals surface area contributed by atoms with Gasteiger partial charge in [0, 0.05) is 23.0 Å². The van der Waals surface area contributed by atoms with Crippen molar-refractivity contribution in [3.8, 4) is 0 Å². The summed E-state index contributed by atoms with van der Waals surface area (Å²) in [5.41, 5.74) is 1.11. The minimum Gasteiger partial charge on any atom is -0.478 e. The number of carbonyl (C=O) groups is 1. The third kappa shape index (κ3) is 2.82. The van der Waals surface area contributed by atoms with Gasteiger partial charge in [0.2, 0.25) is 0 Å². The molecule has 2 rings (SSSR count). The topological polar surface area (TPSA) is 63.1 Å². The zero-order chi connectivity index (χ0) is 12.3. The van der Waals surface area contributed by atoms with Gasteiger partial charge < -0.3 is 5.11 Å². The Morgan fingerprint density at radius 3 is 2.82 bits per heavy atom. The molecule has 0 spiro atoms. The lowest BCUT2D eigenvalue weighted by Gasteiger charge is -2.04. The van der Waals surface area contributed by atoms with Gasteiger partial charge in [-0.3, -0.25) is 4.98 Å². The number of carboxylic acid groups (broad SMARTS) is 1. The second-order valence-electron chi connectivity index (χ2n) is 3.40. The summed E-state index contributed by atoms with van der Waals surface area (Å²) >= 11 is 1.32. The van der Waals surface area contributed by atoms with Gasteiger partial charge >= 0.3 is 5.97 Å². The molecule has 2 heterocycles. The molecule has 5 heteroatoms. The Labute approximate surface area is 103 Å². The Bertz CT molecular complexity index is 558. The molecule has 0 saturated heterocycles. The monoisotopic (exact) mass is 246 g/mol. The Hall–Kier alpha value is -1.88. The lowest BCUT2D eigenvalue weighted by Crippen LogP contribution is -2.00. The standard InChI is InChI=1S/C12H10N2O2S/c1-8-7-9(4-6-13-8)17-11-10(12(15)16)3-2-5-14-11/h2-7H,1H3,(H,15,16). The highest BCUT2D eigenvalue weighted by atomic mass is 32.2. The van der Waals surface area contributed by atoms with Gasteiger partial charge in [-0.1, -0.05) is 11.8 Å². The largest absolute Gasteiger partial charge is 0.478 e. The molecule has 0 amide bonds. The van der Waals surface area contributed by atoms with E-state index in [1.807, 2.05) is 19.1 Å². The highest BCUT2D eigenvalue weighted by molar-refractivity contribution is 7.99. The van der Waals surface area contributed by atoms with Gasteiger partial charge in [0.05, 0.1) is 5.56 Å². The Morgan fingerprint density at radius 2 is 2.12 bits per heavy atom. The zero-order valence-corrected chi connectivity index (χ0v) is 9.94. The van der Waals surface area contributed by atoms with Gasteiger partial charge in [-0.25, -0.2) is 9.78 Å². The number of hydrogen-bond donors (Lipinski definition) is 1. The summed E-state index contributed by atoms with van der Waals surface area (Å²) in [6, 6.07) is 6.89. The summed E-state index contributed by atoms with van der Waals surface area (Å²) in [4.78, 5) is 20.1. The van der Waals surface area contributed by atoms with Crippen molar-refractivity contribution in [2.75, 3.05) is 0 Å².